The van der Waals surface area contributed by atoms with E-state index in [2.05, 4.69) is 4.74 Å². The Morgan fingerprint density at radius 2 is 1.87 bits per heavy atom. The summed E-state index contributed by atoms with van der Waals surface area (Å²) in [6.07, 6.45) is 6.84. The molecule has 0 aromatic rings. The van der Waals surface area contributed by atoms with E-state index < -0.39 is 0 Å². The van der Waals surface area contributed by atoms with E-state index in [0.717, 1.165) is 25.7 Å². The number of carbonyl (C=O) groups is 1. The van der Waals surface area contributed by atoms with Crippen molar-refractivity contribution in [3.63, 3.8) is 0 Å². The number of ether oxygens (including phenoxy) is 2. The second kappa shape index (κ2) is 6.08. The topological polar surface area (TPSA) is 61.5 Å². The third-order valence-corrected chi connectivity index (χ3v) is 2.94. The Balaban J connectivity index is 2.25. The minimum absolute atomic E-state index is 0.00937. The van der Waals surface area contributed by atoms with Gasteiger partial charge in [-0.05, 0) is 12.8 Å². The van der Waals surface area contributed by atoms with Crippen molar-refractivity contribution in [3.8, 4) is 0 Å². The number of methoxy groups -OCH3 is 1. The first-order chi connectivity index (χ1) is 7.16. The van der Waals surface area contributed by atoms with Crippen LogP contribution in [0.3, 0.4) is 0 Å². The fraction of sp³-hybridized carbons (Fsp3) is 0.909. The molecule has 0 bridgehead atoms. The third-order valence-electron chi connectivity index (χ3n) is 2.94. The summed E-state index contributed by atoms with van der Waals surface area (Å²) in [5, 5.41) is 0. The highest BCUT2D eigenvalue weighted by molar-refractivity contribution is 5.70. The summed E-state index contributed by atoms with van der Waals surface area (Å²) in [7, 11) is 1.36. The van der Waals surface area contributed by atoms with Gasteiger partial charge < -0.3 is 15.2 Å². The van der Waals surface area contributed by atoms with Crippen LogP contribution in [0.5, 0.6) is 0 Å². The summed E-state index contributed by atoms with van der Waals surface area (Å²) < 4.78 is 9.78. The van der Waals surface area contributed by atoms with Crippen LogP contribution >= 0.6 is 0 Å². The highest BCUT2D eigenvalue weighted by Crippen LogP contribution is 2.25. The van der Waals surface area contributed by atoms with Gasteiger partial charge in [0, 0.05) is 5.54 Å². The summed E-state index contributed by atoms with van der Waals surface area (Å²) in [4.78, 5) is 10.8. The second-order valence-corrected chi connectivity index (χ2v) is 4.35. The Kier molecular flexibility index (Phi) is 5.05. The van der Waals surface area contributed by atoms with E-state index >= 15 is 0 Å². The van der Waals surface area contributed by atoms with Crippen LogP contribution in [-0.4, -0.2) is 31.8 Å². The zero-order chi connectivity index (χ0) is 11.1. The van der Waals surface area contributed by atoms with E-state index in [-0.39, 0.29) is 18.1 Å². The number of nitrogens with two attached hydrogens (primary N) is 1. The second-order valence-electron chi connectivity index (χ2n) is 4.35. The smallest absolute Gasteiger partial charge is 0.331 e. The molecule has 0 aliphatic heterocycles. The molecule has 4 heteroatoms. The van der Waals surface area contributed by atoms with Crippen molar-refractivity contribution < 1.29 is 14.3 Å². The number of carbonyl (C=O) groups excluding carboxylic acids is 1. The molecule has 0 spiro atoms. The van der Waals surface area contributed by atoms with Gasteiger partial charge in [0.15, 0.2) is 0 Å². The molecule has 1 saturated carbocycles. The Labute approximate surface area is 91.1 Å². The van der Waals surface area contributed by atoms with E-state index in [4.69, 9.17) is 10.5 Å². The Morgan fingerprint density at radius 3 is 2.40 bits per heavy atom. The van der Waals surface area contributed by atoms with Crippen LogP contribution in [0.1, 0.15) is 38.5 Å². The molecule has 1 aliphatic carbocycles. The molecule has 1 rings (SSSR count). The highest BCUT2D eigenvalue weighted by Gasteiger charge is 2.26. The molecule has 0 unspecified atom stereocenters. The molecule has 1 aliphatic rings. The van der Waals surface area contributed by atoms with Gasteiger partial charge in [0.05, 0.1) is 13.7 Å². The monoisotopic (exact) mass is 215 g/mol. The maximum absolute atomic E-state index is 10.8. The maximum atomic E-state index is 10.8. The normalized spacial score (nSPS) is 20.7. The molecule has 2 N–H and O–H groups in total. The lowest BCUT2D eigenvalue weighted by molar-refractivity contribution is -0.146. The number of hydrogen-bond donors (Lipinski definition) is 1. The molecule has 0 radical (unpaired) electrons. The molecule has 0 aromatic carbocycles. The number of hydrogen-bond acceptors (Lipinski definition) is 4. The zero-order valence-electron chi connectivity index (χ0n) is 9.46. The summed E-state index contributed by atoms with van der Waals surface area (Å²) >= 11 is 0. The van der Waals surface area contributed by atoms with Gasteiger partial charge in [0.2, 0.25) is 0 Å². The number of esters is 1. The largest absolute Gasteiger partial charge is 0.467 e. The minimum Gasteiger partial charge on any atom is -0.467 e. The van der Waals surface area contributed by atoms with E-state index in [1.54, 1.807) is 0 Å². The van der Waals surface area contributed by atoms with Crippen LogP contribution in [0, 0.1) is 0 Å². The zero-order valence-corrected chi connectivity index (χ0v) is 9.46. The Bertz CT molecular complexity index is 198. The summed E-state index contributed by atoms with van der Waals surface area (Å²) in [5.41, 5.74) is 5.98. The molecule has 15 heavy (non-hydrogen) atoms. The first-order valence-corrected chi connectivity index (χ1v) is 5.60. The van der Waals surface area contributed by atoms with Gasteiger partial charge in [0.1, 0.15) is 6.61 Å². The van der Waals surface area contributed by atoms with E-state index in [9.17, 15) is 4.79 Å². The first kappa shape index (κ1) is 12.5. The van der Waals surface area contributed by atoms with Crippen molar-refractivity contribution in [1.29, 1.82) is 0 Å². The van der Waals surface area contributed by atoms with Gasteiger partial charge in [-0.3, -0.25) is 0 Å². The van der Waals surface area contributed by atoms with Crippen molar-refractivity contribution in [2.24, 2.45) is 5.73 Å². The molecule has 0 amide bonds. The van der Waals surface area contributed by atoms with Gasteiger partial charge in [-0.1, -0.05) is 25.7 Å². The summed E-state index contributed by atoms with van der Waals surface area (Å²) in [5.74, 6) is -0.341. The maximum Gasteiger partial charge on any atom is 0.331 e. The van der Waals surface area contributed by atoms with Crippen LogP contribution in [0.25, 0.3) is 0 Å². The standard InChI is InChI=1S/C11H21NO3/c1-14-10(13)8-15-9-11(12)6-4-2-3-5-7-11/h2-9,12H2,1H3. The van der Waals surface area contributed by atoms with Crippen LogP contribution in [0.15, 0.2) is 0 Å². The van der Waals surface area contributed by atoms with E-state index in [1.807, 2.05) is 0 Å². The lowest BCUT2D eigenvalue weighted by Crippen LogP contribution is -2.44. The van der Waals surface area contributed by atoms with Crippen molar-refractivity contribution in [3.05, 3.63) is 0 Å². The number of rotatable bonds is 4. The first-order valence-electron chi connectivity index (χ1n) is 5.60. The average Bonchev–Trinajstić information content (AvgIpc) is 2.43. The predicted octanol–water partition coefficient (Wildman–Crippen LogP) is 1.23. The molecule has 88 valence electrons. The molecule has 1 fully saturated rings. The molecule has 0 aromatic heterocycles. The molecular formula is C11H21NO3. The molecule has 4 nitrogen and oxygen atoms in total. The fourth-order valence-corrected chi connectivity index (χ4v) is 1.97. The van der Waals surface area contributed by atoms with E-state index in [0.29, 0.717) is 6.61 Å². The van der Waals surface area contributed by atoms with Crippen LogP contribution < -0.4 is 5.73 Å². The quantitative estimate of drug-likeness (QED) is 0.566. The van der Waals surface area contributed by atoms with Crippen molar-refractivity contribution in [2.75, 3.05) is 20.3 Å². The molecule has 0 saturated heterocycles. The summed E-state index contributed by atoms with van der Waals surface area (Å²) in [6, 6.07) is 0. The SMILES string of the molecule is COC(=O)COCC1(N)CCCCCC1. The highest BCUT2D eigenvalue weighted by atomic mass is 16.6. The van der Waals surface area contributed by atoms with Crippen molar-refractivity contribution >= 4 is 5.97 Å². The molecule has 0 atom stereocenters. The lowest BCUT2D eigenvalue weighted by atomic mass is 9.93. The third kappa shape index (κ3) is 4.62. The fourth-order valence-electron chi connectivity index (χ4n) is 1.97. The van der Waals surface area contributed by atoms with Crippen LogP contribution in [0.2, 0.25) is 0 Å². The Hall–Kier alpha value is -0.610. The van der Waals surface area contributed by atoms with Gasteiger partial charge in [0.25, 0.3) is 0 Å². The molecule has 0 heterocycles. The van der Waals surface area contributed by atoms with Gasteiger partial charge in [-0.15, -0.1) is 0 Å². The van der Waals surface area contributed by atoms with Crippen molar-refractivity contribution in [2.45, 2.75) is 44.1 Å². The van der Waals surface area contributed by atoms with Gasteiger partial charge in [-0.25, -0.2) is 4.79 Å². The average molecular weight is 215 g/mol. The van der Waals surface area contributed by atoms with Crippen molar-refractivity contribution in [1.82, 2.24) is 0 Å². The van der Waals surface area contributed by atoms with E-state index in [1.165, 1.54) is 20.0 Å². The van der Waals surface area contributed by atoms with Gasteiger partial charge >= 0.3 is 5.97 Å². The van der Waals surface area contributed by atoms with Crippen LogP contribution in [0.4, 0.5) is 0 Å². The lowest BCUT2D eigenvalue weighted by Gasteiger charge is -2.27. The Morgan fingerprint density at radius 1 is 1.27 bits per heavy atom. The predicted molar refractivity (Wildman–Crippen MR) is 57.5 cm³/mol. The minimum atomic E-state index is -0.341. The van der Waals surface area contributed by atoms with Gasteiger partial charge in [-0.2, -0.15) is 0 Å². The summed E-state index contributed by atoms with van der Waals surface area (Å²) in [6.45, 7) is 0.470. The molecular weight excluding hydrogens is 194 g/mol. The van der Waals surface area contributed by atoms with Crippen LogP contribution in [-0.2, 0) is 14.3 Å².